The maximum Gasteiger partial charge on any atom is 0.211 e. The molecule has 0 aromatic heterocycles. The quantitative estimate of drug-likeness (QED) is 0.610. The summed E-state index contributed by atoms with van der Waals surface area (Å²) in [5.74, 6) is 0.410. The Morgan fingerprint density at radius 1 is 1.64 bits per heavy atom. The zero-order valence-corrected chi connectivity index (χ0v) is 8.03. The largest absolute Gasteiger partial charge is 0.212 e. The molecule has 0 unspecified atom stereocenters. The first-order chi connectivity index (χ1) is 5.05. The molecule has 0 aromatic rings. The Morgan fingerprint density at radius 2 is 2.27 bits per heavy atom. The number of hydrogen-bond donors (Lipinski definition) is 0. The van der Waals surface area contributed by atoms with Gasteiger partial charge in [-0.2, -0.15) is 4.31 Å². The van der Waals surface area contributed by atoms with E-state index in [1.807, 2.05) is 0 Å². The fraction of sp³-hybridized carbons (Fsp3) is 1.00. The van der Waals surface area contributed by atoms with Gasteiger partial charge in [-0.15, -0.1) is 11.6 Å². The van der Waals surface area contributed by atoms with Crippen molar-refractivity contribution >= 4 is 21.6 Å². The second-order valence-corrected chi connectivity index (χ2v) is 5.07. The Kier molecular flexibility index (Phi) is 2.78. The Morgan fingerprint density at radius 3 is 2.64 bits per heavy atom. The average molecular weight is 198 g/mol. The minimum atomic E-state index is -3.01. The van der Waals surface area contributed by atoms with E-state index in [1.165, 1.54) is 10.6 Å². The summed E-state index contributed by atoms with van der Waals surface area (Å²) in [6.45, 7) is 0.635. The first-order valence-corrected chi connectivity index (χ1v) is 5.97. The minimum Gasteiger partial charge on any atom is -0.212 e. The predicted molar refractivity (Wildman–Crippen MR) is 45.3 cm³/mol. The van der Waals surface area contributed by atoms with Crippen molar-refractivity contribution in [2.75, 3.05) is 18.7 Å². The van der Waals surface area contributed by atoms with Crippen LogP contribution in [0.1, 0.15) is 12.8 Å². The van der Waals surface area contributed by atoms with Gasteiger partial charge in [-0.05, 0) is 12.8 Å². The van der Waals surface area contributed by atoms with Gasteiger partial charge in [-0.25, -0.2) is 8.42 Å². The highest BCUT2D eigenvalue weighted by molar-refractivity contribution is 7.88. The molecule has 5 heteroatoms. The van der Waals surface area contributed by atoms with Gasteiger partial charge in [0.15, 0.2) is 0 Å². The van der Waals surface area contributed by atoms with Crippen molar-refractivity contribution in [1.29, 1.82) is 0 Å². The van der Waals surface area contributed by atoms with Crippen LogP contribution in [0, 0.1) is 0 Å². The zero-order chi connectivity index (χ0) is 8.48. The molecular formula is C6H12ClNO2S. The first-order valence-electron chi connectivity index (χ1n) is 3.58. The Hall–Kier alpha value is 0.200. The second kappa shape index (κ2) is 3.29. The lowest BCUT2D eigenvalue weighted by Gasteiger charge is -2.19. The van der Waals surface area contributed by atoms with Crippen LogP contribution in [0.4, 0.5) is 0 Å². The molecule has 0 spiro atoms. The van der Waals surface area contributed by atoms with Crippen LogP contribution in [0.25, 0.3) is 0 Å². The average Bonchev–Trinajstić information content (AvgIpc) is 2.31. The highest BCUT2D eigenvalue weighted by Gasteiger charge is 2.30. The Bertz CT molecular complexity index is 227. The SMILES string of the molecule is CS(=O)(=O)N1CCC[C@H]1CCl. The van der Waals surface area contributed by atoms with Gasteiger partial charge in [0.2, 0.25) is 10.0 Å². The molecule has 1 saturated heterocycles. The van der Waals surface area contributed by atoms with Gasteiger partial charge in [-0.3, -0.25) is 0 Å². The monoisotopic (exact) mass is 197 g/mol. The highest BCUT2D eigenvalue weighted by Crippen LogP contribution is 2.20. The summed E-state index contributed by atoms with van der Waals surface area (Å²) in [6.07, 6.45) is 3.07. The maximum atomic E-state index is 11.1. The van der Waals surface area contributed by atoms with E-state index in [4.69, 9.17) is 11.6 Å². The van der Waals surface area contributed by atoms with Crippen LogP contribution in [0.5, 0.6) is 0 Å². The van der Waals surface area contributed by atoms with Gasteiger partial charge >= 0.3 is 0 Å². The molecule has 3 nitrogen and oxygen atoms in total. The summed E-state index contributed by atoms with van der Waals surface area (Å²) >= 11 is 5.60. The molecule has 1 atom stereocenters. The third-order valence-corrected chi connectivity index (χ3v) is 3.62. The smallest absolute Gasteiger partial charge is 0.211 e. The summed E-state index contributed by atoms with van der Waals surface area (Å²) in [4.78, 5) is 0. The van der Waals surface area contributed by atoms with E-state index in [0.717, 1.165) is 12.8 Å². The molecule has 0 bridgehead atoms. The van der Waals surface area contributed by atoms with Gasteiger partial charge in [0.25, 0.3) is 0 Å². The number of alkyl halides is 1. The molecule has 1 rings (SSSR count). The number of hydrogen-bond acceptors (Lipinski definition) is 2. The van der Waals surface area contributed by atoms with E-state index in [0.29, 0.717) is 12.4 Å². The van der Waals surface area contributed by atoms with Crippen molar-refractivity contribution in [2.24, 2.45) is 0 Å². The molecular weight excluding hydrogens is 186 g/mol. The second-order valence-electron chi connectivity index (χ2n) is 2.82. The molecule has 66 valence electrons. The van der Waals surface area contributed by atoms with Crippen molar-refractivity contribution in [3.05, 3.63) is 0 Å². The lowest BCUT2D eigenvalue weighted by atomic mass is 10.3. The highest BCUT2D eigenvalue weighted by atomic mass is 35.5. The fourth-order valence-corrected chi connectivity index (χ4v) is 2.99. The minimum absolute atomic E-state index is 0.0340. The van der Waals surface area contributed by atoms with Gasteiger partial charge in [0.1, 0.15) is 0 Å². The fourth-order valence-electron chi connectivity index (χ4n) is 1.40. The molecule has 0 N–H and O–H groups in total. The van der Waals surface area contributed by atoms with Crippen LogP contribution in [-0.2, 0) is 10.0 Å². The number of nitrogens with zero attached hydrogens (tertiary/aromatic N) is 1. The summed E-state index contributed by atoms with van der Waals surface area (Å²) in [5, 5.41) is 0. The van der Waals surface area contributed by atoms with E-state index in [2.05, 4.69) is 0 Å². The van der Waals surface area contributed by atoms with Gasteiger partial charge in [0, 0.05) is 18.5 Å². The van der Waals surface area contributed by atoms with Gasteiger partial charge < -0.3 is 0 Å². The standard InChI is InChI=1S/C6H12ClNO2S/c1-11(9,10)8-4-2-3-6(8)5-7/h6H,2-5H2,1H3/t6-/m0/s1. The topological polar surface area (TPSA) is 37.4 Å². The first kappa shape index (κ1) is 9.29. The molecule has 1 aliphatic rings. The predicted octanol–water partition coefficient (Wildman–Crippen LogP) is 0.649. The van der Waals surface area contributed by atoms with Crippen molar-refractivity contribution < 1.29 is 8.42 Å². The van der Waals surface area contributed by atoms with Gasteiger partial charge in [0.05, 0.1) is 6.26 Å². The molecule has 0 saturated carbocycles. The van der Waals surface area contributed by atoms with Crippen molar-refractivity contribution in [2.45, 2.75) is 18.9 Å². The van der Waals surface area contributed by atoms with Crippen LogP contribution in [-0.4, -0.2) is 37.4 Å². The molecule has 0 amide bonds. The molecule has 1 aliphatic heterocycles. The normalized spacial score (nSPS) is 27.6. The Labute approximate surface area is 72.4 Å². The molecule has 0 aliphatic carbocycles. The molecule has 11 heavy (non-hydrogen) atoms. The number of sulfonamides is 1. The lowest BCUT2D eigenvalue weighted by Crippen LogP contribution is -2.35. The maximum absolute atomic E-state index is 11.1. The van der Waals surface area contributed by atoms with E-state index >= 15 is 0 Å². The summed E-state index contributed by atoms with van der Waals surface area (Å²) < 4.78 is 23.6. The Balaban J connectivity index is 2.72. The molecule has 0 aromatic carbocycles. The van der Waals surface area contributed by atoms with E-state index < -0.39 is 10.0 Å². The molecule has 1 heterocycles. The lowest BCUT2D eigenvalue weighted by molar-refractivity contribution is 0.415. The van der Waals surface area contributed by atoms with E-state index in [9.17, 15) is 8.42 Å². The van der Waals surface area contributed by atoms with Crippen molar-refractivity contribution in [3.8, 4) is 0 Å². The summed E-state index contributed by atoms with van der Waals surface area (Å²) in [5.41, 5.74) is 0. The van der Waals surface area contributed by atoms with Crippen LogP contribution in [0.2, 0.25) is 0 Å². The number of halogens is 1. The molecule has 0 radical (unpaired) electrons. The van der Waals surface area contributed by atoms with Crippen molar-refractivity contribution in [1.82, 2.24) is 4.31 Å². The van der Waals surface area contributed by atoms with E-state index in [-0.39, 0.29) is 6.04 Å². The van der Waals surface area contributed by atoms with Gasteiger partial charge in [-0.1, -0.05) is 0 Å². The summed E-state index contributed by atoms with van der Waals surface area (Å²) in [6, 6.07) is 0.0340. The third kappa shape index (κ3) is 2.07. The summed E-state index contributed by atoms with van der Waals surface area (Å²) in [7, 11) is -3.01. The third-order valence-electron chi connectivity index (χ3n) is 1.93. The van der Waals surface area contributed by atoms with Crippen molar-refractivity contribution in [3.63, 3.8) is 0 Å². The van der Waals surface area contributed by atoms with Crippen LogP contribution >= 0.6 is 11.6 Å². The number of rotatable bonds is 2. The zero-order valence-electron chi connectivity index (χ0n) is 6.46. The van der Waals surface area contributed by atoms with E-state index in [1.54, 1.807) is 0 Å². The van der Waals surface area contributed by atoms with Crippen LogP contribution in [0.3, 0.4) is 0 Å². The van der Waals surface area contributed by atoms with Crippen LogP contribution < -0.4 is 0 Å². The van der Waals surface area contributed by atoms with Crippen LogP contribution in [0.15, 0.2) is 0 Å². The molecule has 1 fully saturated rings.